The van der Waals surface area contributed by atoms with E-state index in [-0.39, 0.29) is 0 Å². The Morgan fingerprint density at radius 1 is 0.207 bits per heavy atom. The van der Waals surface area contributed by atoms with Crippen LogP contribution >= 0.6 is 22.6 Å². The molecule has 12 fully saturated rings. The van der Waals surface area contributed by atoms with E-state index >= 15 is 0 Å². The predicted molar refractivity (Wildman–Crippen MR) is 247 cm³/mol. The van der Waals surface area contributed by atoms with Gasteiger partial charge in [0.05, 0.1) is 36.6 Å². The second kappa shape index (κ2) is 20.2. The molecule has 0 aromatic carbocycles. The molecule has 3 nitrogen and oxygen atoms in total. The van der Waals surface area contributed by atoms with Crippen LogP contribution in [0.5, 0.6) is 0 Å². The van der Waals surface area contributed by atoms with E-state index in [9.17, 15) is 0 Å². The van der Waals surface area contributed by atoms with Gasteiger partial charge in [-0.2, -0.15) is 0 Å². The van der Waals surface area contributed by atoms with Gasteiger partial charge in [0.15, 0.2) is 0 Å². The van der Waals surface area contributed by atoms with Crippen LogP contribution in [0.2, 0.25) is 0 Å². The molecule has 0 bridgehead atoms. The van der Waals surface area contributed by atoms with Crippen molar-refractivity contribution in [2.75, 3.05) is 0 Å². The number of fused-ring (bicyclic) bond motifs is 3. The third kappa shape index (κ3) is 11.1. The number of alkyl halides is 1. The fraction of sp³-hybridized carbons (Fsp3) is 1.00. The molecule has 330 valence electrons. The van der Waals surface area contributed by atoms with Crippen molar-refractivity contribution in [2.24, 2.45) is 71.0 Å². The lowest BCUT2D eigenvalue weighted by atomic mass is 9.66. The summed E-state index contributed by atoms with van der Waals surface area (Å²) in [4.78, 5) is 0. The first-order valence-corrected chi connectivity index (χ1v) is 28.4. The number of ether oxygens (including phenoxy) is 3. The Morgan fingerprint density at radius 2 is 0.431 bits per heavy atom. The average molecular weight is 913 g/mol. The van der Waals surface area contributed by atoms with Gasteiger partial charge in [-0.1, -0.05) is 86.8 Å². The standard InChI is InChI=1S/C18H29IO.2C18H30O/c19-16-8-5-13(6-9-16)12-1-3-14(4-2-12)15-7-10-17-18(11-15)20-17;2*1-2-4-13(5-3-1)14-6-8-15(9-7-14)16-10-11-17-18(12-16)19-17/h12-18H,1-11H2;2*13-18H,1-12H2. The van der Waals surface area contributed by atoms with Crippen molar-refractivity contribution in [2.45, 2.75) is 265 Å². The minimum atomic E-state index is 0.686. The van der Waals surface area contributed by atoms with E-state index in [4.69, 9.17) is 14.2 Å². The summed E-state index contributed by atoms with van der Waals surface area (Å²) in [6.45, 7) is 0. The Labute approximate surface area is 371 Å². The Kier molecular flexibility index (Phi) is 14.8. The summed E-state index contributed by atoms with van der Waals surface area (Å²) in [6, 6.07) is 0. The van der Waals surface area contributed by atoms with Crippen LogP contribution in [0.3, 0.4) is 0 Å². The molecular formula is C54H89IO3. The molecule has 0 aromatic rings. The van der Waals surface area contributed by atoms with Gasteiger partial charge >= 0.3 is 0 Å². The van der Waals surface area contributed by atoms with Crippen LogP contribution in [0.4, 0.5) is 0 Å². The molecule has 58 heavy (non-hydrogen) atoms. The molecule has 9 saturated carbocycles. The monoisotopic (exact) mass is 913 g/mol. The summed E-state index contributed by atoms with van der Waals surface area (Å²) >= 11 is 2.66. The molecule has 12 aliphatic rings. The fourth-order valence-electron chi connectivity index (χ4n) is 16.6. The minimum absolute atomic E-state index is 0.686. The zero-order valence-corrected chi connectivity index (χ0v) is 39.5. The molecule has 0 radical (unpaired) electrons. The van der Waals surface area contributed by atoms with Crippen molar-refractivity contribution in [3.63, 3.8) is 0 Å². The van der Waals surface area contributed by atoms with Gasteiger partial charge < -0.3 is 14.2 Å². The van der Waals surface area contributed by atoms with Crippen LogP contribution in [-0.2, 0) is 14.2 Å². The summed E-state index contributed by atoms with van der Waals surface area (Å²) in [7, 11) is 0. The maximum atomic E-state index is 5.72. The van der Waals surface area contributed by atoms with E-state index in [0.717, 1.165) is 74.9 Å². The lowest BCUT2D eigenvalue weighted by molar-refractivity contribution is 0.126. The minimum Gasteiger partial charge on any atom is -0.370 e. The van der Waals surface area contributed by atoms with Crippen LogP contribution in [0.15, 0.2) is 0 Å². The van der Waals surface area contributed by atoms with Crippen LogP contribution in [0.25, 0.3) is 0 Å². The van der Waals surface area contributed by atoms with E-state index < -0.39 is 0 Å². The molecule has 3 aliphatic heterocycles. The molecule has 0 spiro atoms. The number of epoxide rings is 3. The van der Waals surface area contributed by atoms with Gasteiger partial charge in [-0.15, -0.1) is 0 Å². The van der Waals surface area contributed by atoms with Gasteiger partial charge in [0.2, 0.25) is 0 Å². The number of halogens is 1. The molecular weight excluding hydrogens is 823 g/mol. The molecule has 4 heteroatoms. The smallest absolute Gasteiger partial charge is 0.0844 e. The highest BCUT2D eigenvalue weighted by atomic mass is 127. The number of rotatable bonds is 6. The summed E-state index contributed by atoms with van der Waals surface area (Å²) in [5.74, 6) is 12.8. The third-order valence-electron chi connectivity index (χ3n) is 20.6. The van der Waals surface area contributed by atoms with E-state index in [0.29, 0.717) is 36.6 Å². The van der Waals surface area contributed by atoms with E-state index in [1.807, 2.05) is 0 Å². The van der Waals surface area contributed by atoms with Crippen molar-refractivity contribution in [1.82, 2.24) is 0 Å². The third-order valence-corrected chi connectivity index (χ3v) is 21.8. The highest BCUT2D eigenvalue weighted by Crippen LogP contribution is 2.51. The van der Waals surface area contributed by atoms with Gasteiger partial charge in [0.25, 0.3) is 0 Å². The largest absolute Gasteiger partial charge is 0.370 e. The first-order chi connectivity index (χ1) is 28.6. The van der Waals surface area contributed by atoms with Gasteiger partial charge in [-0.3, -0.25) is 0 Å². The normalized spacial score (nSPS) is 49.3. The number of hydrogen-bond acceptors (Lipinski definition) is 3. The maximum Gasteiger partial charge on any atom is 0.0844 e. The molecule has 3 heterocycles. The van der Waals surface area contributed by atoms with Crippen LogP contribution in [0.1, 0.15) is 225 Å². The summed E-state index contributed by atoms with van der Waals surface area (Å²) in [6.07, 6.45) is 56.8. The van der Waals surface area contributed by atoms with Gasteiger partial charge in [-0.25, -0.2) is 0 Å². The van der Waals surface area contributed by atoms with E-state index in [1.54, 1.807) is 89.9 Å². The van der Waals surface area contributed by atoms with Gasteiger partial charge in [0, 0.05) is 3.92 Å². The Balaban J connectivity index is 0.000000106. The van der Waals surface area contributed by atoms with Crippen molar-refractivity contribution in [3.8, 4) is 0 Å². The molecule has 0 N–H and O–H groups in total. The summed E-state index contributed by atoms with van der Waals surface area (Å²) in [5.41, 5.74) is 0. The van der Waals surface area contributed by atoms with E-state index in [2.05, 4.69) is 22.6 Å². The van der Waals surface area contributed by atoms with Gasteiger partial charge in [-0.05, 0) is 232 Å². The quantitative estimate of drug-likeness (QED) is 0.151. The van der Waals surface area contributed by atoms with Crippen LogP contribution in [0, 0.1) is 71.0 Å². The predicted octanol–water partition coefficient (Wildman–Crippen LogP) is 15.2. The maximum absolute atomic E-state index is 5.72. The molecule has 0 aromatic heterocycles. The Morgan fingerprint density at radius 3 is 0.707 bits per heavy atom. The molecule has 9 unspecified atom stereocenters. The second-order valence-electron chi connectivity index (χ2n) is 23.7. The number of hydrogen-bond donors (Lipinski definition) is 0. The first kappa shape index (κ1) is 42.6. The highest BCUT2D eigenvalue weighted by Gasteiger charge is 2.48. The zero-order valence-electron chi connectivity index (χ0n) is 37.3. The molecule has 0 amide bonds. The Bertz CT molecular complexity index is 1170. The molecule has 9 aliphatic carbocycles. The van der Waals surface area contributed by atoms with E-state index in [1.165, 1.54) is 135 Å². The van der Waals surface area contributed by atoms with Crippen molar-refractivity contribution in [1.29, 1.82) is 0 Å². The van der Waals surface area contributed by atoms with Crippen molar-refractivity contribution in [3.05, 3.63) is 0 Å². The first-order valence-electron chi connectivity index (χ1n) is 27.2. The van der Waals surface area contributed by atoms with Crippen molar-refractivity contribution < 1.29 is 14.2 Å². The van der Waals surface area contributed by atoms with Crippen LogP contribution in [-0.4, -0.2) is 40.5 Å². The second-order valence-corrected chi connectivity index (χ2v) is 25.5. The summed E-state index contributed by atoms with van der Waals surface area (Å²) in [5, 5.41) is 0. The fourth-order valence-corrected chi connectivity index (χ4v) is 17.3. The topological polar surface area (TPSA) is 37.6 Å². The Hall–Kier alpha value is 0.610. The molecule has 9 atom stereocenters. The molecule has 3 saturated heterocycles. The SMILES string of the molecule is C1CCC(C2CCC(C3CCC4OC4C3)CC2)CC1.C1CCC(C2CCC(C3CCC4OC4C3)CC2)CC1.IC1CCC(C2CCC(C3CCC4OC4C3)CC2)CC1. The summed E-state index contributed by atoms with van der Waals surface area (Å²) < 4.78 is 18.1. The zero-order chi connectivity index (χ0) is 38.8. The molecule has 12 rings (SSSR count). The van der Waals surface area contributed by atoms with Gasteiger partial charge in [0.1, 0.15) is 0 Å². The lowest BCUT2D eigenvalue weighted by Gasteiger charge is -2.39. The lowest BCUT2D eigenvalue weighted by Crippen LogP contribution is -2.30. The van der Waals surface area contributed by atoms with Crippen LogP contribution < -0.4 is 0 Å². The van der Waals surface area contributed by atoms with Crippen molar-refractivity contribution >= 4 is 22.6 Å². The highest BCUT2D eigenvalue weighted by molar-refractivity contribution is 14.1. The average Bonchev–Trinajstić information content (AvgIpc) is 4.20.